The first-order chi connectivity index (χ1) is 8.34. The van der Waals surface area contributed by atoms with E-state index in [1.54, 1.807) is 12.1 Å². The molecule has 96 valence electrons. The zero-order chi connectivity index (χ0) is 13.8. The largest absolute Gasteiger partial charge is 0.481 e. The molecular weight excluding hydrogens is 254 g/mol. The van der Waals surface area contributed by atoms with Crippen LogP contribution in [0.15, 0.2) is 24.3 Å². The number of carbonyl (C=O) groups is 1. The van der Waals surface area contributed by atoms with Crippen molar-refractivity contribution in [1.82, 2.24) is 0 Å². The molecule has 0 amide bonds. The molecule has 0 aliphatic carbocycles. The molecule has 0 spiro atoms. The van der Waals surface area contributed by atoms with Gasteiger partial charge >= 0.3 is 5.97 Å². The maximum Gasteiger partial charge on any atom is 0.307 e. The predicted molar refractivity (Wildman–Crippen MR) is 65.4 cm³/mol. The highest BCUT2D eigenvalue weighted by atomic mass is 32.2. The Balaban J connectivity index is 2.76. The van der Waals surface area contributed by atoms with E-state index in [0.29, 0.717) is 11.1 Å². The lowest BCUT2D eigenvalue weighted by atomic mass is 10.2. The van der Waals surface area contributed by atoms with Gasteiger partial charge in [-0.2, -0.15) is 5.26 Å². The minimum Gasteiger partial charge on any atom is -0.481 e. The van der Waals surface area contributed by atoms with Crippen molar-refractivity contribution in [3.05, 3.63) is 35.4 Å². The normalized spacial score (nSPS) is 12.7. The Bertz CT molecular complexity index is 569. The fraction of sp³-hybridized carbons (Fsp3) is 0.333. The molecule has 0 bridgehead atoms. The lowest BCUT2D eigenvalue weighted by molar-refractivity contribution is -0.140. The second kappa shape index (κ2) is 5.65. The van der Waals surface area contributed by atoms with Gasteiger partial charge in [-0.3, -0.25) is 4.79 Å². The first kappa shape index (κ1) is 14.2. The number of aliphatic carboxylic acids is 1. The van der Waals surface area contributed by atoms with Crippen LogP contribution < -0.4 is 0 Å². The van der Waals surface area contributed by atoms with Crippen molar-refractivity contribution in [1.29, 1.82) is 5.26 Å². The summed E-state index contributed by atoms with van der Waals surface area (Å²) in [6.45, 7) is 1.36. The van der Waals surface area contributed by atoms with E-state index < -0.39 is 21.7 Å². The van der Waals surface area contributed by atoms with E-state index in [1.165, 1.54) is 19.1 Å². The van der Waals surface area contributed by atoms with Crippen LogP contribution in [0.25, 0.3) is 0 Å². The Morgan fingerprint density at radius 1 is 1.39 bits per heavy atom. The highest BCUT2D eigenvalue weighted by Gasteiger charge is 2.21. The molecule has 6 heteroatoms. The molecular formula is C12H13NO4S. The van der Waals surface area contributed by atoms with Gasteiger partial charge in [0.15, 0.2) is 9.84 Å². The Labute approximate surface area is 106 Å². The Morgan fingerprint density at radius 3 is 2.39 bits per heavy atom. The highest BCUT2D eigenvalue weighted by Crippen LogP contribution is 2.11. The van der Waals surface area contributed by atoms with E-state index >= 15 is 0 Å². The number of hydrogen-bond donors (Lipinski definition) is 1. The minimum absolute atomic E-state index is 0.212. The summed E-state index contributed by atoms with van der Waals surface area (Å²) < 4.78 is 23.5. The van der Waals surface area contributed by atoms with Gasteiger partial charge in [-0.05, 0) is 17.7 Å². The number of nitriles is 1. The molecule has 1 aromatic carbocycles. The van der Waals surface area contributed by atoms with Gasteiger partial charge < -0.3 is 5.11 Å². The van der Waals surface area contributed by atoms with Crippen LogP contribution in [0.2, 0.25) is 0 Å². The first-order valence-electron chi connectivity index (χ1n) is 5.26. The smallest absolute Gasteiger partial charge is 0.307 e. The van der Waals surface area contributed by atoms with Gasteiger partial charge in [0.1, 0.15) is 0 Å². The number of benzene rings is 1. The summed E-state index contributed by atoms with van der Waals surface area (Å²) in [7, 11) is -3.46. The maximum atomic E-state index is 11.7. The molecule has 0 aliphatic rings. The molecule has 0 heterocycles. The molecule has 0 fully saturated rings. The van der Waals surface area contributed by atoms with E-state index in [4.69, 9.17) is 10.4 Å². The zero-order valence-electron chi connectivity index (χ0n) is 9.83. The molecule has 0 saturated carbocycles. The molecule has 18 heavy (non-hydrogen) atoms. The fourth-order valence-electron chi connectivity index (χ4n) is 1.44. The third-order valence-corrected chi connectivity index (χ3v) is 4.18. The summed E-state index contributed by atoms with van der Waals surface area (Å²) in [6.07, 6.45) is 0. The average molecular weight is 267 g/mol. The lowest BCUT2D eigenvalue weighted by Crippen LogP contribution is -2.22. The van der Waals surface area contributed by atoms with E-state index in [0.717, 1.165) is 0 Å². The second-order valence-electron chi connectivity index (χ2n) is 4.10. The summed E-state index contributed by atoms with van der Waals surface area (Å²) in [6, 6.07) is 8.12. The van der Waals surface area contributed by atoms with Crippen molar-refractivity contribution in [3.63, 3.8) is 0 Å². The molecule has 5 nitrogen and oxygen atoms in total. The van der Waals surface area contributed by atoms with Crippen LogP contribution in [-0.4, -0.2) is 25.2 Å². The monoisotopic (exact) mass is 267 g/mol. The Morgan fingerprint density at radius 2 is 1.94 bits per heavy atom. The molecule has 0 saturated heterocycles. The van der Waals surface area contributed by atoms with Crippen LogP contribution in [0, 0.1) is 17.2 Å². The standard InChI is InChI=1S/C12H13NO4S/c1-9(12(14)15)7-18(16,17)8-11-4-2-10(6-13)3-5-11/h2-5,9H,7-8H2,1H3,(H,14,15). The highest BCUT2D eigenvalue weighted by molar-refractivity contribution is 7.90. The minimum atomic E-state index is -3.46. The quantitative estimate of drug-likeness (QED) is 0.864. The van der Waals surface area contributed by atoms with Gasteiger partial charge in [0.05, 0.1) is 29.1 Å². The summed E-state index contributed by atoms with van der Waals surface area (Å²) in [5, 5.41) is 17.3. The average Bonchev–Trinajstić information content (AvgIpc) is 2.28. The Hall–Kier alpha value is -1.87. The first-order valence-corrected chi connectivity index (χ1v) is 7.08. The van der Waals surface area contributed by atoms with Crippen molar-refractivity contribution in [2.75, 3.05) is 5.75 Å². The van der Waals surface area contributed by atoms with Crippen LogP contribution >= 0.6 is 0 Å². The van der Waals surface area contributed by atoms with E-state index in [9.17, 15) is 13.2 Å². The summed E-state index contributed by atoms with van der Waals surface area (Å²) in [5.74, 6) is -2.65. The number of carboxylic acid groups (broad SMARTS) is 1. The van der Waals surface area contributed by atoms with Crippen LogP contribution in [0.1, 0.15) is 18.1 Å². The third kappa shape index (κ3) is 4.18. The lowest BCUT2D eigenvalue weighted by Gasteiger charge is -2.07. The number of sulfone groups is 1. The van der Waals surface area contributed by atoms with Crippen molar-refractivity contribution in [2.24, 2.45) is 5.92 Å². The van der Waals surface area contributed by atoms with Crippen LogP contribution in [0.3, 0.4) is 0 Å². The van der Waals surface area contributed by atoms with E-state index in [-0.39, 0.29) is 11.5 Å². The zero-order valence-corrected chi connectivity index (χ0v) is 10.6. The predicted octanol–water partition coefficient (Wildman–Crippen LogP) is 1.19. The van der Waals surface area contributed by atoms with Gasteiger partial charge in [0.25, 0.3) is 0 Å². The van der Waals surface area contributed by atoms with Gasteiger partial charge in [-0.1, -0.05) is 19.1 Å². The van der Waals surface area contributed by atoms with Crippen molar-refractivity contribution in [3.8, 4) is 6.07 Å². The van der Waals surface area contributed by atoms with Crippen LogP contribution in [0.5, 0.6) is 0 Å². The van der Waals surface area contributed by atoms with Crippen molar-refractivity contribution in [2.45, 2.75) is 12.7 Å². The number of hydrogen-bond acceptors (Lipinski definition) is 4. The molecule has 1 atom stereocenters. The van der Waals surface area contributed by atoms with Crippen LogP contribution in [0.4, 0.5) is 0 Å². The molecule has 0 radical (unpaired) electrons. The Kier molecular flexibility index (Phi) is 4.45. The molecule has 0 aliphatic heterocycles. The van der Waals surface area contributed by atoms with Gasteiger partial charge in [0.2, 0.25) is 0 Å². The molecule has 1 N–H and O–H groups in total. The maximum absolute atomic E-state index is 11.7. The summed E-state index contributed by atoms with van der Waals surface area (Å²) in [4.78, 5) is 10.6. The molecule has 0 aromatic heterocycles. The van der Waals surface area contributed by atoms with E-state index in [1.807, 2.05) is 6.07 Å². The van der Waals surface area contributed by atoms with Crippen molar-refractivity contribution >= 4 is 15.8 Å². The van der Waals surface area contributed by atoms with Gasteiger partial charge in [-0.15, -0.1) is 0 Å². The SMILES string of the molecule is CC(CS(=O)(=O)Cc1ccc(C#N)cc1)C(=O)O. The summed E-state index contributed by atoms with van der Waals surface area (Å²) in [5.41, 5.74) is 1.00. The third-order valence-electron chi connectivity index (χ3n) is 2.40. The number of rotatable bonds is 5. The fourth-order valence-corrected chi connectivity index (χ4v) is 3.16. The second-order valence-corrected chi connectivity index (χ2v) is 6.21. The molecule has 1 unspecified atom stereocenters. The molecule has 1 rings (SSSR count). The molecule has 1 aromatic rings. The van der Waals surface area contributed by atoms with Gasteiger partial charge in [-0.25, -0.2) is 8.42 Å². The van der Waals surface area contributed by atoms with Crippen molar-refractivity contribution < 1.29 is 18.3 Å². The number of carboxylic acids is 1. The van der Waals surface area contributed by atoms with Crippen LogP contribution in [-0.2, 0) is 20.4 Å². The van der Waals surface area contributed by atoms with E-state index in [2.05, 4.69) is 0 Å². The van der Waals surface area contributed by atoms with Gasteiger partial charge in [0, 0.05) is 0 Å². The number of nitrogens with zero attached hydrogens (tertiary/aromatic N) is 1. The topological polar surface area (TPSA) is 95.2 Å². The summed E-state index contributed by atoms with van der Waals surface area (Å²) >= 11 is 0.